The number of aliphatic imine (C=N–C) groups is 2. The van der Waals surface area contributed by atoms with E-state index in [2.05, 4.69) is 21.8 Å². The molecule has 6 nitrogen and oxygen atoms in total. The van der Waals surface area contributed by atoms with Gasteiger partial charge >= 0.3 is 0 Å². The van der Waals surface area contributed by atoms with Gasteiger partial charge in [0.15, 0.2) is 0 Å². The Kier molecular flexibility index (Phi) is 4.17. The van der Waals surface area contributed by atoms with Gasteiger partial charge < -0.3 is 4.90 Å². The molecular formula is C11H14N6. The summed E-state index contributed by atoms with van der Waals surface area (Å²) in [6.07, 6.45) is 3.20. The molecule has 0 aromatic carbocycles. The molecule has 1 aromatic rings. The van der Waals surface area contributed by atoms with Gasteiger partial charge in [0.25, 0.3) is 5.96 Å². The van der Waals surface area contributed by atoms with Crippen molar-refractivity contribution in [3.63, 3.8) is 0 Å². The van der Waals surface area contributed by atoms with Crippen molar-refractivity contribution in [2.75, 3.05) is 14.1 Å². The molecule has 0 saturated heterocycles. The minimum absolute atomic E-state index is 0.238. The highest BCUT2D eigenvalue weighted by molar-refractivity contribution is 5.90. The number of aryl methyl sites for hydroxylation is 1. The summed E-state index contributed by atoms with van der Waals surface area (Å²) in [6, 6.07) is 3.78. The van der Waals surface area contributed by atoms with Crippen molar-refractivity contribution < 1.29 is 0 Å². The van der Waals surface area contributed by atoms with Crippen LogP contribution in [-0.4, -0.2) is 42.7 Å². The van der Waals surface area contributed by atoms with Crippen LogP contribution < -0.4 is 0 Å². The maximum absolute atomic E-state index is 8.76. The van der Waals surface area contributed by atoms with Crippen LogP contribution in [0, 0.1) is 18.3 Å². The minimum atomic E-state index is 0.238. The summed E-state index contributed by atoms with van der Waals surface area (Å²) in [5, 5.41) is 12.9. The second-order valence-electron chi connectivity index (χ2n) is 3.59. The summed E-state index contributed by atoms with van der Waals surface area (Å²) < 4.78 is 1.55. The van der Waals surface area contributed by atoms with Crippen LogP contribution in [0.5, 0.6) is 0 Å². The number of hydrogen-bond donors (Lipinski definition) is 0. The molecular weight excluding hydrogens is 216 g/mol. The van der Waals surface area contributed by atoms with Gasteiger partial charge in [0.2, 0.25) is 0 Å². The first-order valence-corrected chi connectivity index (χ1v) is 4.92. The van der Waals surface area contributed by atoms with Crippen LogP contribution in [-0.2, 0) is 0 Å². The number of hydrogen-bond acceptors (Lipinski definition) is 2. The molecule has 0 N–H and O–H groups in total. The van der Waals surface area contributed by atoms with E-state index in [1.54, 1.807) is 28.2 Å². The number of aromatic nitrogens is 1. The third-order valence-electron chi connectivity index (χ3n) is 1.86. The van der Waals surface area contributed by atoms with E-state index in [1.165, 1.54) is 0 Å². The normalized spacial score (nSPS) is 11.5. The van der Waals surface area contributed by atoms with Gasteiger partial charge in [-0.3, -0.25) is 0 Å². The Balaban J connectivity index is 3.02. The van der Waals surface area contributed by atoms with E-state index in [4.69, 9.17) is 5.26 Å². The molecule has 0 saturated carbocycles. The fourth-order valence-corrected chi connectivity index (χ4v) is 1.09. The number of guanidine groups is 1. The van der Waals surface area contributed by atoms with Gasteiger partial charge in [0.1, 0.15) is 6.07 Å². The summed E-state index contributed by atoms with van der Waals surface area (Å²) in [5.74, 6) is 0.238. The predicted octanol–water partition coefficient (Wildman–Crippen LogP) is 1.08. The first-order chi connectivity index (χ1) is 8.06. The molecule has 1 heterocycles. The van der Waals surface area contributed by atoms with Gasteiger partial charge in [-0.25, -0.2) is 14.7 Å². The van der Waals surface area contributed by atoms with Crippen LogP contribution in [0.2, 0.25) is 0 Å². The molecule has 0 aliphatic rings. The van der Waals surface area contributed by atoms with E-state index >= 15 is 0 Å². The van der Waals surface area contributed by atoms with Crippen LogP contribution in [0.4, 0.5) is 0 Å². The molecule has 0 radical (unpaired) electrons. The molecule has 6 heteroatoms. The average Bonchev–Trinajstić information content (AvgIpc) is 2.65. The maximum Gasteiger partial charge on any atom is 0.267 e. The predicted molar refractivity (Wildman–Crippen MR) is 68.4 cm³/mol. The second-order valence-corrected chi connectivity index (χ2v) is 3.59. The van der Waals surface area contributed by atoms with Gasteiger partial charge in [0.05, 0.1) is 11.9 Å². The standard InChI is InChI=1S/C11H14N6/c1-9-5-10(6-12)7-17(9)15-11(13-2)14-8-16(3)4/h5,7-8H,2H2,1,3-4H3/b14-8?,15-11+. The highest BCUT2D eigenvalue weighted by atomic mass is 15.4. The first kappa shape index (κ1) is 12.6. The zero-order chi connectivity index (χ0) is 12.8. The molecule has 0 aliphatic carbocycles. The topological polar surface area (TPSA) is 69.0 Å². The zero-order valence-corrected chi connectivity index (χ0v) is 10.1. The first-order valence-electron chi connectivity index (χ1n) is 4.92. The van der Waals surface area contributed by atoms with Gasteiger partial charge in [-0.1, -0.05) is 0 Å². The largest absolute Gasteiger partial charge is 0.369 e. The Morgan fingerprint density at radius 1 is 1.59 bits per heavy atom. The molecule has 0 unspecified atom stereocenters. The maximum atomic E-state index is 8.76. The van der Waals surface area contributed by atoms with E-state index < -0.39 is 0 Å². The summed E-state index contributed by atoms with van der Waals surface area (Å²) in [5.41, 5.74) is 1.38. The van der Waals surface area contributed by atoms with Crippen molar-refractivity contribution in [2.24, 2.45) is 15.1 Å². The van der Waals surface area contributed by atoms with E-state index in [1.807, 2.05) is 27.1 Å². The Morgan fingerprint density at radius 3 is 2.76 bits per heavy atom. The van der Waals surface area contributed by atoms with Crippen LogP contribution in [0.15, 0.2) is 27.3 Å². The highest BCUT2D eigenvalue weighted by Gasteiger charge is 2.01. The van der Waals surface area contributed by atoms with Crippen molar-refractivity contribution in [1.29, 1.82) is 5.26 Å². The van der Waals surface area contributed by atoms with Crippen LogP contribution >= 0.6 is 0 Å². The Bertz CT molecular complexity index is 501. The van der Waals surface area contributed by atoms with Gasteiger partial charge in [-0.2, -0.15) is 5.26 Å². The molecule has 0 spiro atoms. The zero-order valence-electron chi connectivity index (χ0n) is 10.1. The third-order valence-corrected chi connectivity index (χ3v) is 1.86. The fraction of sp³-hybridized carbons (Fsp3) is 0.273. The Hall–Kier alpha value is -2.42. The molecule has 1 aromatic heterocycles. The van der Waals surface area contributed by atoms with E-state index in [-0.39, 0.29) is 5.96 Å². The Morgan fingerprint density at radius 2 is 2.29 bits per heavy atom. The molecule has 0 aliphatic heterocycles. The van der Waals surface area contributed by atoms with Gasteiger partial charge in [0, 0.05) is 26.0 Å². The SMILES string of the molecule is C=N/C(N=CN(C)C)=N\n1cc(C#N)cc1C. The average molecular weight is 230 g/mol. The second kappa shape index (κ2) is 5.61. The molecule has 0 amide bonds. The molecule has 0 fully saturated rings. The van der Waals surface area contributed by atoms with E-state index in [0.29, 0.717) is 5.56 Å². The lowest BCUT2D eigenvalue weighted by Gasteiger charge is -2.02. The fourth-order valence-electron chi connectivity index (χ4n) is 1.09. The summed E-state index contributed by atoms with van der Waals surface area (Å²) in [6.45, 7) is 5.25. The number of nitriles is 1. The lowest BCUT2D eigenvalue weighted by atomic mass is 10.3. The van der Waals surface area contributed by atoms with Crippen LogP contribution in [0.25, 0.3) is 0 Å². The van der Waals surface area contributed by atoms with E-state index in [9.17, 15) is 0 Å². The summed E-state index contributed by atoms with van der Waals surface area (Å²) in [7, 11) is 3.69. The monoisotopic (exact) mass is 230 g/mol. The third kappa shape index (κ3) is 3.57. The smallest absolute Gasteiger partial charge is 0.267 e. The summed E-state index contributed by atoms with van der Waals surface area (Å²) >= 11 is 0. The van der Waals surface area contributed by atoms with Crippen LogP contribution in [0.3, 0.4) is 0 Å². The number of nitrogens with zero attached hydrogens (tertiary/aromatic N) is 6. The molecule has 0 atom stereocenters. The molecule has 17 heavy (non-hydrogen) atoms. The van der Waals surface area contributed by atoms with Gasteiger partial charge in [-0.15, -0.1) is 5.10 Å². The molecule has 88 valence electrons. The highest BCUT2D eigenvalue weighted by Crippen LogP contribution is 2.06. The lowest BCUT2D eigenvalue weighted by Crippen LogP contribution is -2.09. The van der Waals surface area contributed by atoms with Crippen molar-refractivity contribution >= 4 is 19.0 Å². The van der Waals surface area contributed by atoms with Crippen molar-refractivity contribution in [3.05, 3.63) is 23.5 Å². The number of rotatable bonds is 2. The summed E-state index contributed by atoms with van der Waals surface area (Å²) in [4.78, 5) is 9.50. The van der Waals surface area contributed by atoms with E-state index in [0.717, 1.165) is 5.69 Å². The lowest BCUT2D eigenvalue weighted by molar-refractivity contribution is 0.643. The van der Waals surface area contributed by atoms with Crippen LogP contribution in [0.1, 0.15) is 11.3 Å². The minimum Gasteiger partial charge on any atom is -0.369 e. The van der Waals surface area contributed by atoms with Crippen molar-refractivity contribution in [1.82, 2.24) is 9.58 Å². The van der Waals surface area contributed by atoms with Gasteiger partial charge in [-0.05, 0) is 19.7 Å². The Labute approximate surface area is 100 Å². The molecule has 0 bridgehead atoms. The van der Waals surface area contributed by atoms with Crippen molar-refractivity contribution in [2.45, 2.75) is 6.92 Å². The molecule has 1 rings (SSSR count). The quantitative estimate of drug-likeness (QED) is 0.563. The van der Waals surface area contributed by atoms with Crippen molar-refractivity contribution in [3.8, 4) is 6.07 Å².